The van der Waals surface area contributed by atoms with Gasteiger partial charge in [0, 0.05) is 6.42 Å². The summed E-state index contributed by atoms with van der Waals surface area (Å²) in [6.45, 7) is -0.0134. The first-order valence-corrected chi connectivity index (χ1v) is 8.39. The molecule has 0 saturated carbocycles. The molecule has 0 bridgehead atoms. The molecule has 5 nitrogen and oxygen atoms in total. The van der Waals surface area contributed by atoms with Gasteiger partial charge in [0.2, 0.25) is 0 Å². The number of hydrogen-bond donors (Lipinski definition) is 1. The maximum atomic E-state index is 11.8. The standard InChI is InChI=1S/C18H17Cl2NO4/c19-14-8-4-9-15(20)18(14)21-16(22)12-25-17(23)10-5-11-24-13-6-2-1-3-7-13/h1-4,6-9H,5,10-12H2,(H,21,22). The van der Waals surface area contributed by atoms with E-state index in [2.05, 4.69) is 5.32 Å². The quantitative estimate of drug-likeness (QED) is 0.545. The van der Waals surface area contributed by atoms with Crippen molar-refractivity contribution in [2.75, 3.05) is 18.5 Å². The second kappa shape index (κ2) is 9.91. The van der Waals surface area contributed by atoms with Crippen molar-refractivity contribution in [3.8, 4) is 5.75 Å². The van der Waals surface area contributed by atoms with E-state index in [1.54, 1.807) is 18.2 Å². The summed E-state index contributed by atoms with van der Waals surface area (Å²) in [6, 6.07) is 14.2. The summed E-state index contributed by atoms with van der Waals surface area (Å²) < 4.78 is 10.4. The average molecular weight is 382 g/mol. The molecule has 0 aromatic heterocycles. The number of hydrogen-bond acceptors (Lipinski definition) is 4. The number of esters is 1. The molecule has 0 fully saturated rings. The van der Waals surface area contributed by atoms with Crippen LogP contribution in [0.3, 0.4) is 0 Å². The number of amides is 1. The Kier molecular flexibility index (Phi) is 7.57. The van der Waals surface area contributed by atoms with Crippen LogP contribution in [-0.2, 0) is 14.3 Å². The van der Waals surface area contributed by atoms with Crippen molar-refractivity contribution in [3.05, 3.63) is 58.6 Å². The highest BCUT2D eigenvalue weighted by atomic mass is 35.5. The third kappa shape index (κ3) is 6.64. The molecule has 1 amide bonds. The number of rotatable bonds is 8. The van der Waals surface area contributed by atoms with Gasteiger partial charge in [-0.1, -0.05) is 47.5 Å². The first-order valence-electron chi connectivity index (χ1n) is 7.63. The molecule has 0 aliphatic carbocycles. The van der Waals surface area contributed by atoms with Crippen molar-refractivity contribution >= 4 is 40.8 Å². The molecule has 0 saturated heterocycles. The average Bonchev–Trinajstić information content (AvgIpc) is 2.61. The maximum absolute atomic E-state index is 11.8. The SMILES string of the molecule is O=C(COC(=O)CCCOc1ccccc1)Nc1c(Cl)cccc1Cl. The molecular formula is C18H17Cl2NO4. The molecule has 7 heteroatoms. The number of halogens is 2. The van der Waals surface area contributed by atoms with Crippen LogP contribution in [0.4, 0.5) is 5.69 Å². The molecule has 0 heterocycles. The van der Waals surface area contributed by atoms with Gasteiger partial charge in [-0.25, -0.2) is 0 Å². The summed E-state index contributed by atoms with van der Waals surface area (Å²) in [7, 11) is 0. The predicted molar refractivity (Wildman–Crippen MR) is 97.2 cm³/mol. The van der Waals surface area contributed by atoms with E-state index in [0.29, 0.717) is 28.8 Å². The molecule has 0 spiro atoms. The van der Waals surface area contributed by atoms with E-state index in [1.165, 1.54) is 0 Å². The molecule has 1 N–H and O–H groups in total. The lowest BCUT2D eigenvalue weighted by atomic mass is 10.3. The zero-order valence-electron chi connectivity index (χ0n) is 13.3. The summed E-state index contributed by atoms with van der Waals surface area (Å²) in [5.41, 5.74) is 0.295. The van der Waals surface area contributed by atoms with E-state index in [-0.39, 0.29) is 6.42 Å². The molecule has 0 aliphatic heterocycles. The van der Waals surface area contributed by atoms with E-state index in [4.69, 9.17) is 32.7 Å². The van der Waals surface area contributed by atoms with Gasteiger partial charge < -0.3 is 14.8 Å². The third-order valence-electron chi connectivity index (χ3n) is 3.13. The minimum atomic E-state index is -0.510. The Morgan fingerprint density at radius 1 is 0.960 bits per heavy atom. The van der Waals surface area contributed by atoms with Crippen LogP contribution in [-0.4, -0.2) is 25.1 Å². The highest BCUT2D eigenvalue weighted by molar-refractivity contribution is 6.39. The number of benzene rings is 2. The Morgan fingerprint density at radius 3 is 2.32 bits per heavy atom. The minimum absolute atomic E-state index is 0.160. The van der Waals surface area contributed by atoms with Crippen LogP contribution in [0.1, 0.15) is 12.8 Å². The van der Waals surface area contributed by atoms with E-state index >= 15 is 0 Å². The number of para-hydroxylation sites is 2. The predicted octanol–water partition coefficient (Wildman–Crippen LogP) is 4.33. The molecule has 0 aliphatic rings. The van der Waals surface area contributed by atoms with Gasteiger partial charge in [0.05, 0.1) is 22.3 Å². The Morgan fingerprint density at radius 2 is 1.64 bits per heavy atom. The molecule has 0 unspecified atom stereocenters. The molecular weight excluding hydrogens is 365 g/mol. The number of anilines is 1. The second-order valence-electron chi connectivity index (χ2n) is 5.07. The summed E-state index contributed by atoms with van der Waals surface area (Å²) in [5.74, 6) is -0.243. The van der Waals surface area contributed by atoms with Crippen molar-refractivity contribution in [2.24, 2.45) is 0 Å². The molecule has 0 atom stereocenters. The van der Waals surface area contributed by atoms with Gasteiger partial charge >= 0.3 is 5.97 Å². The smallest absolute Gasteiger partial charge is 0.306 e. The van der Waals surface area contributed by atoms with Gasteiger partial charge in [0.15, 0.2) is 6.61 Å². The van der Waals surface area contributed by atoms with Crippen molar-refractivity contribution in [1.29, 1.82) is 0 Å². The zero-order valence-corrected chi connectivity index (χ0v) is 14.8. The lowest BCUT2D eigenvalue weighted by Crippen LogP contribution is -2.21. The number of nitrogens with one attached hydrogen (secondary N) is 1. The van der Waals surface area contributed by atoms with Crippen LogP contribution in [0.15, 0.2) is 48.5 Å². The van der Waals surface area contributed by atoms with Gasteiger partial charge in [-0.2, -0.15) is 0 Å². The molecule has 2 rings (SSSR count). The summed E-state index contributed by atoms with van der Waals surface area (Å²) in [6.07, 6.45) is 0.651. The largest absolute Gasteiger partial charge is 0.494 e. The third-order valence-corrected chi connectivity index (χ3v) is 3.76. The van der Waals surface area contributed by atoms with Gasteiger partial charge in [-0.15, -0.1) is 0 Å². The van der Waals surface area contributed by atoms with E-state index in [1.807, 2.05) is 30.3 Å². The van der Waals surface area contributed by atoms with Crippen molar-refractivity contribution in [3.63, 3.8) is 0 Å². The van der Waals surface area contributed by atoms with E-state index in [9.17, 15) is 9.59 Å². The second-order valence-corrected chi connectivity index (χ2v) is 5.88. The molecule has 0 radical (unpaired) electrons. The van der Waals surface area contributed by atoms with Crippen LogP contribution in [0.5, 0.6) is 5.75 Å². The fourth-order valence-corrected chi connectivity index (χ4v) is 2.43. The van der Waals surface area contributed by atoms with Crippen LogP contribution < -0.4 is 10.1 Å². The van der Waals surface area contributed by atoms with Crippen LogP contribution in [0, 0.1) is 0 Å². The number of carbonyl (C=O) groups excluding carboxylic acids is 2. The molecule has 132 valence electrons. The number of carbonyl (C=O) groups is 2. The Bertz CT molecular complexity index is 702. The summed E-state index contributed by atoms with van der Waals surface area (Å²) in [5, 5.41) is 3.14. The van der Waals surface area contributed by atoms with E-state index in [0.717, 1.165) is 5.75 Å². The lowest BCUT2D eigenvalue weighted by Gasteiger charge is -2.09. The zero-order chi connectivity index (χ0) is 18.1. The molecule has 2 aromatic rings. The topological polar surface area (TPSA) is 64.6 Å². The first-order chi connectivity index (χ1) is 12.1. The number of ether oxygens (including phenoxy) is 2. The van der Waals surface area contributed by atoms with Gasteiger partial charge in [-0.3, -0.25) is 9.59 Å². The highest BCUT2D eigenvalue weighted by Crippen LogP contribution is 2.29. The molecule has 25 heavy (non-hydrogen) atoms. The normalized spacial score (nSPS) is 10.2. The molecule has 2 aromatic carbocycles. The van der Waals surface area contributed by atoms with Crippen molar-refractivity contribution in [2.45, 2.75) is 12.8 Å². The van der Waals surface area contributed by atoms with Gasteiger partial charge in [-0.05, 0) is 30.7 Å². The highest BCUT2D eigenvalue weighted by Gasteiger charge is 2.12. The maximum Gasteiger partial charge on any atom is 0.306 e. The van der Waals surface area contributed by atoms with Crippen molar-refractivity contribution < 1.29 is 19.1 Å². The minimum Gasteiger partial charge on any atom is -0.494 e. The monoisotopic (exact) mass is 381 g/mol. The fourth-order valence-electron chi connectivity index (χ4n) is 1.93. The Balaban J connectivity index is 1.65. The van der Waals surface area contributed by atoms with Crippen LogP contribution >= 0.6 is 23.2 Å². The van der Waals surface area contributed by atoms with Gasteiger partial charge in [0.25, 0.3) is 5.91 Å². The fraction of sp³-hybridized carbons (Fsp3) is 0.222. The summed E-state index contributed by atoms with van der Waals surface area (Å²) in [4.78, 5) is 23.4. The summed E-state index contributed by atoms with van der Waals surface area (Å²) >= 11 is 11.9. The van der Waals surface area contributed by atoms with Gasteiger partial charge in [0.1, 0.15) is 5.75 Å². The van der Waals surface area contributed by atoms with Crippen LogP contribution in [0.25, 0.3) is 0 Å². The first kappa shape index (κ1) is 19.1. The van der Waals surface area contributed by atoms with E-state index < -0.39 is 18.5 Å². The Labute approximate surface area is 155 Å². The van der Waals surface area contributed by atoms with Crippen LogP contribution in [0.2, 0.25) is 10.0 Å². The Hall–Kier alpha value is -2.24. The van der Waals surface area contributed by atoms with Crippen molar-refractivity contribution in [1.82, 2.24) is 0 Å². The lowest BCUT2D eigenvalue weighted by molar-refractivity contribution is -0.147.